The van der Waals surface area contributed by atoms with Gasteiger partial charge in [0.25, 0.3) is 20.2 Å². The maximum atomic E-state index is 13.2. The largest absolute Gasteiger partial charge is 0.478 e. The van der Waals surface area contributed by atoms with Crippen LogP contribution in [0.2, 0.25) is 0 Å². The Morgan fingerprint density at radius 2 is 1.38 bits per heavy atom. The molecule has 13 nitrogen and oxygen atoms in total. The van der Waals surface area contributed by atoms with Crippen LogP contribution in [0.1, 0.15) is 38.2 Å². The number of carbonyl (C=O) groups excluding carboxylic acids is 1. The number of hydrogen-bond acceptors (Lipinski definition) is 8. The van der Waals surface area contributed by atoms with Gasteiger partial charge in [0.2, 0.25) is 0 Å². The van der Waals surface area contributed by atoms with Crippen LogP contribution in [0.4, 0.5) is 27.5 Å². The SMILES string of the molecule is C=c1ccc2c(c1)Oc1cc(Nc3c(C)c(NC(=O)Nc4ccccc4C(=O)O)c(C)c(S(=O)(=O)O)c3C)ccc1C=2c1ccccc1S(=O)(=O)O. The lowest BCUT2D eigenvalue weighted by molar-refractivity contribution is 0.0698. The summed E-state index contributed by atoms with van der Waals surface area (Å²) in [5.41, 5.74) is 2.22. The molecule has 5 aromatic rings. The van der Waals surface area contributed by atoms with Crippen LogP contribution in [0.3, 0.4) is 0 Å². The number of nitrogens with one attached hydrogen (secondary N) is 3. The number of amides is 2. The van der Waals surface area contributed by atoms with E-state index in [0.717, 1.165) is 0 Å². The van der Waals surface area contributed by atoms with Crippen molar-refractivity contribution in [3.63, 3.8) is 0 Å². The van der Waals surface area contributed by atoms with Gasteiger partial charge in [-0.05, 0) is 79.1 Å². The maximum absolute atomic E-state index is 13.2. The predicted molar refractivity (Wildman–Crippen MR) is 195 cm³/mol. The van der Waals surface area contributed by atoms with Gasteiger partial charge in [0.15, 0.2) is 0 Å². The number of ether oxygens (including phenoxy) is 1. The number of carboxylic acids is 1. The van der Waals surface area contributed by atoms with E-state index in [1.807, 2.05) is 0 Å². The van der Waals surface area contributed by atoms with Gasteiger partial charge in [0, 0.05) is 39.4 Å². The first-order valence-electron chi connectivity index (χ1n) is 15.5. The molecule has 0 atom stereocenters. The van der Waals surface area contributed by atoms with Crippen LogP contribution >= 0.6 is 0 Å². The van der Waals surface area contributed by atoms with E-state index in [0.29, 0.717) is 38.6 Å². The third kappa shape index (κ3) is 6.72. The Hall–Kier alpha value is -6.00. The van der Waals surface area contributed by atoms with Crippen molar-refractivity contribution in [2.75, 3.05) is 16.0 Å². The Kier molecular flexibility index (Phi) is 9.15. The summed E-state index contributed by atoms with van der Waals surface area (Å²) >= 11 is 0. The van der Waals surface area contributed by atoms with Crippen molar-refractivity contribution < 1.29 is 45.4 Å². The smallest absolute Gasteiger partial charge is 0.337 e. The minimum atomic E-state index is -4.83. The van der Waals surface area contributed by atoms with E-state index in [1.165, 1.54) is 50.2 Å². The summed E-state index contributed by atoms with van der Waals surface area (Å²) in [6.07, 6.45) is 0. The van der Waals surface area contributed by atoms with Crippen LogP contribution in [0.15, 0.2) is 94.7 Å². The van der Waals surface area contributed by atoms with Crippen molar-refractivity contribution in [3.8, 4) is 11.5 Å². The first kappa shape index (κ1) is 35.8. The zero-order chi connectivity index (χ0) is 37.7. The normalized spacial score (nSPS) is 12.3. The van der Waals surface area contributed by atoms with E-state index in [9.17, 15) is 40.6 Å². The second kappa shape index (κ2) is 13.3. The minimum Gasteiger partial charge on any atom is -0.478 e. The Balaban J connectivity index is 1.46. The topological polar surface area (TPSA) is 208 Å². The molecule has 15 heteroatoms. The van der Waals surface area contributed by atoms with E-state index in [2.05, 4.69) is 22.5 Å². The second-order valence-electron chi connectivity index (χ2n) is 12.0. The van der Waals surface area contributed by atoms with Gasteiger partial charge in [0.1, 0.15) is 21.3 Å². The third-order valence-electron chi connectivity index (χ3n) is 8.57. The van der Waals surface area contributed by atoms with Crippen molar-refractivity contribution in [2.24, 2.45) is 0 Å². The molecule has 0 spiro atoms. The van der Waals surface area contributed by atoms with E-state index >= 15 is 0 Å². The second-order valence-corrected chi connectivity index (χ2v) is 14.7. The average Bonchev–Trinajstić information content (AvgIpc) is 3.06. The zero-order valence-electron chi connectivity index (χ0n) is 27.8. The molecule has 1 aliphatic heterocycles. The zero-order valence-corrected chi connectivity index (χ0v) is 29.4. The van der Waals surface area contributed by atoms with Gasteiger partial charge in [-0.25, -0.2) is 9.59 Å². The highest BCUT2D eigenvalue weighted by atomic mass is 32.2. The van der Waals surface area contributed by atoms with Gasteiger partial charge in [-0.3, -0.25) is 9.11 Å². The van der Waals surface area contributed by atoms with Crippen LogP contribution in [-0.2, 0) is 20.2 Å². The number of anilines is 4. The number of carboxylic acid groups (broad SMARTS) is 1. The highest BCUT2D eigenvalue weighted by Gasteiger charge is 2.28. The fourth-order valence-electron chi connectivity index (χ4n) is 6.35. The predicted octanol–water partition coefficient (Wildman–Crippen LogP) is 5.95. The van der Waals surface area contributed by atoms with Gasteiger partial charge in [-0.15, -0.1) is 0 Å². The molecule has 0 aliphatic carbocycles. The number of aromatic carboxylic acids is 1. The molecule has 6 rings (SSSR count). The standard InChI is InChI=1S/C37H31N3O10S2/c1-19-13-15-25-29(17-19)50-30-18-23(14-16-26(30)32(25)27-10-6-8-12-31(27)51(44,45)46)38-33-20(2)34(22(4)35(21(33)3)52(47,48)49)40-37(43)39-28-11-7-5-9-24(28)36(41)42/h5-18,38H,1H2,2-4H3,(H,41,42)(H2,39,40,43)(H,44,45,46)(H,47,48,49). The van der Waals surface area contributed by atoms with Crippen LogP contribution in [-0.4, -0.2) is 43.0 Å². The van der Waals surface area contributed by atoms with Gasteiger partial charge >= 0.3 is 12.0 Å². The maximum Gasteiger partial charge on any atom is 0.337 e. The van der Waals surface area contributed by atoms with E-state index in [4.69, 9.17) is 4.74 Å². The molecule has 0 bridgehead atoms. The van der Waals surface area contributed by atoms with E-state index in [-0.39, 0.29) is 50.0 Å². The lowest BCUT2D eigenvalue weighted by atomic mass is 9.92. The number of benzene rings is 5. The van der Waals surface area contributed by atoms with Crippen LogP contribution in [0, 0.1) is 20.8 Å². The minimum absolute atomic E-state index is 0.000243. The fourth-order valence-corrected chi connectivity index (χ4v) is 8.02. The first-order valence-corrected chi connectivity index (χ1v) is 18.3. The molecular formula is C37H31N3O10S2. The van der Waals surface area contributed by atoms with Crippen molar-refractivity contribution in [1.82, 2.24) is 0 Å². The summed E-state index contributed by atoms with van der Waals surface area (Å²) in [4.78, 5) is 24.1. The molecular weight excluding hydrogens is 711 g/mol. The van der Waals surface area contributed by atoms with Crippen LogP contribution < -0.4 is 31.1 Å². The summed E-state index contributed by atoms with van der Waals surface area (Å²) in [5, 5.41) is 19.0. The molecule has 1 heterocycles. The lowest BCUT2D eigenvalue weighted by Crippen LogP contribution is -2.23. The Morgan fingerprint density at radius 1 is 0.712 bits per heavy atom. The molecule has 0 fully saturated rings. The van der Waals surface area contributed by atoms with Crippen molar-refractivity contribution >= 4 is 67.1 Å². The summed E-state index contributed by atoms with van der Waals surface area (Å²) in [5.74, 6) is -0.610. The lowest BCUT2D eigenvalue weighted by Gasteiger charge is -2.25. The molecule has 0 aromatic heterocycles. The summed E-state index contributed by atoms with van der Waals surface area (Å²) in [6, 6.07) is 21.0. The van der Waals surface area contributed by atoms with Gasteiger partial charge in [0.05, 0.1) is 16.9 Å². The van der Waals surface area contributed by atoms with E-state index < -0.39 is 37.1 Å². The molecule has 0 radical (unpaired) electrons. The molecule has 0 saturated carbocycles. The molecule has 6 N–H and O–H groups in total. The summed E-state index contributed by atoms with van der Waals surface area (Å²) in [6.45, 7) is 8.48. The van der Waals surface area contributed by atoms with Crippen LogP contribution in [0.5, 0.6) is 11.5 Å². The number of para-hydroxylation sites is 1. The fraction of sp³-hybridized carbons (Fsp3) is 0.0811. The molecule has 266 valence electrons. The molecule has 5 aromatic carbocycles. The average molecular weight is 742 g/mol. The number of rotatable bonds is 8. The van der Waals surface area contributed by atoms with Crippen LogP contribution in [0.25, 0.3) is 12.2 Å². The van der Waals surface area contributed by atoms with Gasteiger partial charge < -0.3 is 25.8 Å². The number of fused-ring (bicyclic) bond motifs is 2. The molecule has 0 unspecified atom stereocenters. The highest BCUT2D eigenvalue weighted by molar-refractivity contribution is 7.86. The monoisotopic (exact) mass is 741 g/mol. The third-order valence-corrected chi connectivity index (χ3v) is 10.6. The van der Waals surface area contributed by atoms with Crippen molar-refractivity contribution in [2.45, 2.75) is 30.6 Å². The first-order chi connectivity index (χ1) is 24.5. The summed E-state index contributed by atoms with van der Waals surface area (Å²) < 4.78 is 76.9. The quantitative estimate of drug-likeness (QED) is 0.100. The Bertz CT molecular complexity index is 2690. The van der Waals surface area contributed by atoms with E-state index in [1.54, 1.807) is 55.5 Å². The molecule has 52 heavy (non-hydrogen) atoms. The number of hydrogen-bond donors (Lipinski definition) is 6. The number of carbonyl (C=O) groups is 2. The summed E-state index contributed by atoms with van der Waals surface area (Å²) in [7, 11) is -9.46. The Labute approximate surface area is 298 Å². The molecule has 1 aliphatic rings. The Morgan fingerprint density at radius 3 is 2.08 bits per heavy atom. The van der Waals surface area contributed by atoms with Crippen molar-refractivity contribution in [1.29, 1.82) is 0 Å². The number of urea groups is 1. The van der Waals surface area contributed by atoms with Crippen molar-refractivity contribution in [3.05, 3.63) is 129 Å². The molecule has 2 amide bonds. The highest BCUT2D eigenvalue weighted by Crippen LogP contribution is 2.42. The van der Waals surface area contributed by atoms with Gasteiger partial charge in [-0.2, -0.15) is 16.8 Å². The van der Waals surface area contributed by atoms with Gasteiger partial charge in [-0.1, -0.05) is 49.0 Å². The molecule has 0 saturated heterocycles.